The number of nitrogens with two attached hydrogens (primary N) is 1. The summed E-state index contributed by atoms with van der Waals surface area (Å²) in [7, 11) is 0. The minimum atomic E-state index is 0.437. The van der Waals surface area contributed by atoms with Gasteiger partial charge in [-0.15, -0.1) is 11.3 Å². The second-order valence-corrected chi connectivity index (χ2v) is 6.42. The molecule has 2 rings (SSSR count). The molecule has 3 nitrogen and oxygen atoms in total. The summed E-state index contributed by atoms with van der Waals surface area (Å²) < 4.78 is 0. The van der Waals surface area contributed by atoms with Crippen LogP contribution < -0.4 is 11.1 Å². The summed E-state index contributed by atoms with van der Waals surface area (Å²) >= 11 is 1.74. The Bertz CT molecular complexity index is 318. The lowest BCUT2D eigenvalue weighted by Gasteiger charge is -2.36. The minimum Gasteiger partial charge on any atom is -0.330 e. The SMILES string of the molecule is NCC1(CCNCCc2nccs2)CCCCC1. The van der Waals surface area contributed by atoms with E-state index in [1.54, 1.807) is 11.3 Å². The summed E-state index contributed by atoms with van der Waals surface area (Å²) in [6, 6.07) is 0. The molecule has 1 aromatic heterocycles. The molecule has 0 saturated heterocycles. The predicted molar refractivity (Wildman–Crippen MR) is 77.9 cm³/mol. The van der Waals surface area contributed by atoms with Gasteiger partial charge in [0.1, 0.15) is 0 Å². The highest BCUT2D eigenvalue weighted by Crippen LogP contribution is 2.37. The maximum atomic E-state index is 5.99. The van der Waals surface area contributed by atoms with Gasteiger partial charge in [-0.1, -0.05) is 19.3 Å². The topological polar surface area (TPSA) is 50.9 Å². The van der Waals surface area contributed by atoms with Crippen molar-refractivity contribution in [1.29, 1.82) is 0 Å². The molecule has 0 aromatic carbocycles. The van der Waals surface area contributed by atoms with Crippen LogP contribution in [0.15, 0.2) is 11.6 Å². The van der Waals surface area contributed by atoms with Crippen molar-refractivity contribution in [3.05, 3.63) is 16.6 Å². The zero-order chi connectivity index (χ0) is 12.7. The summed E-state index contributed by atoms with van der Waals surface area (Å²) in [5, 5.41) is 6.81. The van der Waals surface area contributed by atoms with Gasteiger partial charge in [-0.05, 0) is 37.8 Å². The number of thiazole rings is 1. The third-order valence-electron chi connectivity index (χ3n) is 4.18. The van der Waals surface area contributed by atoms with Crippen LogP contribution in [0.4, 0.5) is 0 Å². The van der Waals surface area contributed by atoms with Gasteiger partial charge in [0.2, 0.25) is 0 Å². The van der Waals surface area contributed by atoms with Gasteiger partial charge in [0, 0.05) is 24.5 Å². The Morgan fingerprint density at radius 3 is 2.78 bits per heavy atom. The average Bonchev–Trinajstić information content (AvgIpc) is 2.93. The van der Waals surface area contributed by atoms with Gasteiger partial charge in [-0.2, -0.15) is 0 Å². The summed E-state index contributed by atoms with van der Waals surface area (Å²) in [4.78, 5) is 4.29. The fourth-order valence-electron chi connectivity index (χ4n) is 2.91. The van der Waals surface area contributed by atoms with Crippen LogP contribution in [0.2, 0.25) is 0 Å². The Balaban J connectivity index is 1.61. The zero-order valence-electron chi connectivity index (χ0n) is 11.2. The van der Waals surface area contributed by atoms with Gasteiger partial charge in [-0.25, -0.2) is 4.98 Å². The molecule has 0 atom stereocenters. The first-order chi connectivity index (χ1) is 8.85. The molecule has 1 aliphatic rings. The summed E-state index contributed by atoms with van der Waals surface area (Å²) in [5.74, 6) is 0. The van der Waals surface area contributed by atoms with Gasteiger partial charge in [0.05, 0.1) is 5.01 Å². The van der Waals surface area contributed by atoms with Crippen molar-refractivity contribution in [2.24, 2.45) is 11.1 Å². The van der Waals surface area contributed by atoms with Crippen LogP contribution in [0.5, 0.6) is 0 Å². The molecule has 1 aromatic rings. The van der Waals surface area contributed by atoms with E-state index >= 15 is 0 Å². The molecule has 0 amide bonds. The van der Waals surface area contributed by atoms with E-state index in [4.69, 9.17) is 5.73 Å². The van der Waals surface area contributed by atoms with Crippen LogP contribution in [-0.2, 0) is 6.42 Å². The quantitative estimate of drug-likeness (QED) is 0.747. The van der Waals surface area contributed by atoms with Crippen molar-refractivity contribution in [2.45, 2.75) is 44.9 Å². The van der Waals surface area contributed by atoms with Gasteiger partial charge < -0.3 is 11.1 Å². The molecule has 102 valence electrons. The lowest BCUT2D eigenvalue weighted by Crippen LogP contribution is -2.36. The van der Waals surface area contributed by atoms with Crippen molar-refractivity contribution in [3.63, 3.8) is 0 Å². The summed E-state index contributed by atoms with van der Waals surface area (Å²) in [5.41, 5.74) is 6.43. The maximum Gasteiger partial charge on any atom is 0.0937 e. The van der Waals surface area contributed by atoms with E-state index < -0.39 is 0 Å². The first-order valence-corrected chi connectivity index (χ1v) is 8.02. The first kappa shape index (κ1) is 14.0. The van der Waals surface area contributed by atoms with Gasteiger partial charge in [0.15, 0.2) is 0 Å². The molecule has 3 N–H and O–H groups in total. The smallest absolute Gasteiger partial charge is 0.0937 e. The van der Waals surface area contributed by atoms with Crippen LogP contribution in [0, 0.1) is 5.41 Å². The Morgan fingerprint density at radius 1 is 1.28 bits per heavy atom. The molecule has 0 bridgehead atoms. The van der Waals surface area contributed by atoms with E-state index in [0.29, 0.717) is 5.41 Å². The fourth-order valence-corrected chi connectivity index (χ4v) is 3.53. The Labute approximate surface area is 114 Å². The molecule has 0 radical (unpaired) electrons. The van der Waals surface area contributed by atoms with Crippen molar-refractivity contribution in [1.82, 2.24) is 10.3 Å². The Kier molecular flexibility index (Phi) is 5.60. The lowest BCUT2D eigenvalue weighted by molar-refractivity contribution is 0.181. The highest BCUT2D eigenvalue weighted by molar-refractivity contribution is 7.09. The molecule has 1 saturated carbocycles. The zero-order valence-corrected chi connectivity index (χ0v) is 12.0. The first-order valence-electron chi connectivity index (χ1n) is 7.14. The van der Waals surface area contributed by atoms with Gasteiger partial charge in [-0.3, -0.25) is 0 Å². The molecule has 0 aliphatic heterocycles. The van der Waals surface area contributed by atoms with Crippen LogP contribution in [0.25, 0.3) is 0 Å². The van der Waals surface area contributed by atoms with Crippen molar-refractivity contribution < 1.29 is 0 Å². The third kappa shape index (κ3) is 4.04. The normalized spacial score (nSPS) is 18.9. The van der Waals surface area contributed by atoms with Gasteiger partial charge in [0.25, 0.3) is 0 Å². The molecule has 1 heterocycles. The molecule has 0 spiro atoms. The second-order valence-electron chi connectivity index (χ2n) is 5.44. The molecular formula is C14H25N3S. The van der Waals surface area contributed by atoms with E-state index in [9.17, 15) is 0 Å². The molecule has 4 heteroatoms. The number of aromatic nitrogens is 1. The van der Waals surface area contributed by atoms with Crippen LogP contribution >= 0.6 is 11.3 Å². The molecule has 0 unspecified atom stereocenters. The van der Waals surface area contributed by atoms with Crippen LogP contribution in [-0.4, -0.2) is 24.6 Å². The standard InChI is InChI=1S/C14H25N3S/c15-12-14(5-2-1-3-6-14)7-9-16-8-4-13-17-10-11-18-13/h10-11,16H,1-9,12,15H2. The lowest BCUT2D eigenvalue weighted by atomic mass is 9.72. The number of rotatable bonds is 7. The van der Waals surface area contributed by atoms with E-state index in [1.165, 1.54) is 43.5 Å². The van der Waals surface area contributed by atoms with E-state index in [-0.39, 0.29) is 0 Å². The van der Waals surface area contributed by atoms with Crippen LogP contribution in [0.3, 0.4) is 0 Å². The highest BCUT2D eigenvalue weighted by atomic mass is 32.1. The molecular weight excluding hydrogens is 242 g/mol. The maximum absolute atomic E-state index is 5.99. The highest BCUT2D eigenvalue weighted by Gasteiger charge is 2.29. The summed E-state index contributed by atoms with van der Waals surface area (Å²) in [6.45, 7) is 3.00. The van der Waals surface area contributed by atoms with E-state index in [0.717, 1.165) is 26.1 Å². The Hall–Kier alpha value is -0.450. The van der Waals surface area contributed by atoms with Gasteiger partial charge >= 0.3 is 0 Å². The molecule has 18 heavy (non-hydrogen) atoms. The monoisotopic (exact) mass is 267 g/mol. The van der Waals surface area contributed by atoms with Crippen LogP contribution in [0.1, 0.15) is 43.5 Å². The summed E-state index contributed by atoms with van der Waals surface area (Å²) in [6.07, 6.45) is 11.0. The third-order valence-corrected chi connectivity index (χ3v) is 5.02. The number of hydrogen-bond acceptors (Lipinski definition) is 4. The average molecular weight is 267 g/mol. The van der Waals surface area contributed by atoms with E-state index in [1.807, 2.05) is 11.6 Å². The number of nitrogens with zero attached hydrogens (tertiary/aromatic N) is 1. The minimum absolute atomic E-state index is 0.437. The molecule has 1 aliphatic carbocycles. The van der Waals surface area contributed by atoms with Crippen molar-refractivity contribution >= 4 is 11.3 Å². The Morgan fingerprint density at radius 2 is 2.11 bits per heavy atom. The molecule has 1 fully saturated rings. The number of hydrogen-bond donors (Lipinski definition) is 2. The predicted octanol–water partition coefficient (Wildman–Crippen LogP) is 2.57. The largest absolute Gasteiger partial charge is 0.330 e. The fraction of sp³-hybridized carbons (Fsp3) is 0.786. The van der Waals surface area contributed by atoms with Crippen molar-refractivity contribution in [3.8, 4) is 0 Å². The second kappa shape index (κ2) is 7.22. The van der Waals surface area contributed by atoms with E-state index in [2.05, 4.69) is 10.3 Å². The number of nitrogens with one attached hydrogen (secondary N) is 1. The van der Waals surface area contributed by atoms with Crippen molar-refractivity contribution in [2.75, 3.05) is 19.6 Å².